The number of rotatable bonds is 2. The fourth-order valence-electron chi connectivity index (χ4n) is 1.37. The SMILES string of the molecule is CSn1cc(C(N)=O)c2cccnc21. The summed E-state index contributed by atoms with van der Waals surface area (Å²) in [5, 5.41) is 0.800. The molecule has 2 aromatic rings. The molecule has 0 unspecified atom stereocenters. The van der Waals surface area contributed by atoms with Gasteiger partial charge in [-0.25, -0.2) is 4.98 Å². The van der Waals surface area contributed by atoms with Crippen LogP contribution in [0.15, 0.2) is 24.5 Å². The van der Waals surface area contributed by atoms with E-state index in [9.17, 15) is 4.79 Å². The lowest BCUT2D eigenvalue weighted by molar-refractivity contribution is 0.100. The first-order chi connectivity index (χ1) is 6.74. The molecular formula is C9H9N3OS. The van der Waals surface area contributed by atoms with Crippen LogP contribution in [0.25, 0.3) is 11.0 Å². The summed E-state index contributed by atoms with van der Waals surface area (Å²) >= 11 is 1.48. The molecule has 0 bridgehead atoms. The molecule has 0 aromatic carbocycles. The van der Waals surface area contributed by atoms with Gasteiger partial charge in [-0.2, -0.15) is 0 Å². The summed E-state index contributed by atoms with van der Waals surface area (Å²) < 4.78 is 1.83. The third-order valence-corrected chi connectivity index (χ3v) is 2.67. The van der Waals surface area contributed by atoms with Crippen molar-refractivity contribution in [1.29, 1.82) is 0 Å². The standard InChI is InChI=1S/C9H9N3OS/c1-14-12-5-7(8(10)13)6-3-2-4-11-9(6)12/h2-5H,1H3,(H2,10,13). The fraction of sp³-hybridized carbons (Fsp3) is 0.111. The summed E-state index contributed by atoms with van der Waals surface area (Å²) in [6, 6.07) is 3.63. The number of aromatic nitrogens is 2. The van der Waals surface area contributed by atoms with Crippen molar-refractivity contribution in [2.24, 2.45) is 5.73 Å². The Morgan fingerprint density at radius 3 is 3.07 bits per heavy atom. The Morgan fingerprint density at radius 1 is 1.64 bits per heavy atom. The van der Waals surface area contributed by atoms with E-state index in [-0.39, 0.29) is 0 Å². The molecule has 14 heavy (non-hydrogen) atoms. The van der Waals surface area contributed by atoms with E-state index in [0.29, 0.717) is 5.56 Å². The van der Waals surface area contributed by atoms with Gasteiger partial charge in [0.05, 0.1) is 5.56 Å². The molecule has 0 saturated heterocycles. The van der Waals surface area contributed by atoms with Gasteiger partial charge in [-0.3, -0.25) is 8.77 Å². The number of primary amides is 1. The first-order valence-corrected chi connectivity index (χ1v) is 5.22. The number of nitrogens with zero attached hydrogens (tertiary/aromatic N) is 2. The minimum atomic E-state index is -0.421. The van der Waals surface area contributed by atoms with Crippen molar-refractivity contribution >= 4 is 28.9 Å². The largest absolute Gasteiger partial charge is 0.366 e. The van der Waals surface area contributed by atoms with Crippen molar-refractivity contribution < 1.29 is 4.79 Å². The van der Waals surface area contributed by atoms with Crippen molar-refractivity contribution in [3.8, 4) is 0 Å². The molecule has 0 saturated carbocycles. The van der Waals surface area contributed by atoms with Crippen molar-refractivity contribution in [2.75, 3.05) is 6.26 Å². The van der Waals surface area contributed by atoms with Crippen LogP contribution in [0.4, 0.5) is 0 Å². The second-order valence-electron chi connectivity index (χ2n) is 2.79. The number of amides is 1. The molecule has 0 aliphatic carbocycles. The monoisotopic (exact) mass is 207 g/mol. The highest BCUT2D eigenvalue weighted by molar-refractivity contribution is 7.97. The van der Waals surface area contributed by atoms with Gasteiger partial charge in [0.25, 0.3) is 5.91 Å². The lowest BCUT2D eigenvalue weighted by Crippen LogP contribution is -2.09. The fourth-order valence-corrected chi connectivity index (χ4v) is 1.90. The van der Waals surface area contributed by atoms with E-state index in [4.69, 9.17) is 5.73 Å². The Kier molecular flexibility index (Phi) is 2.17. The van der Waals surface area contributed by atoms with Crippen LogP contribution in [0.5, 0.6) is 0 Å². The van der Waals surface area contributed by atoms with Gasteiger partial charge in [0.15, 0.2) is 5.65 Å². The maximum atomic E-state index is 11.1. The van der Waals surface area contributed by atoms with Crippen molar-refractivity contribution in [2.45, 2.75) is 0 Å². The van der Waals surface area contributed by atoms with E-state index in [0.717, 1.165) is 11.0 Å². The lowest BCUT2D eigenvalue weighted by atomic mass is 10.2. The van der Waals surface area contributed by atoms with Crippen molar-refractivity contribution in [1.82, 2.24) is 8.96 Å². The summed E-state index contributed by atoms with van der Waals surface area (Å²) in [6.07, 6.45) is 5.32. The molecule has 2 heterocycles. The van der Waals surface area contributed by atoms with Gasteiger partial charge in [0.2, 0.25) is 0 Å². The van der Waals surface area contributed by atoms with Crippen LogP contribution >= 0.6 is 11.9 Å². The zero-order chi connectivity index (χ0) is 10.1. The van der Waals surface area contributed by atoms with Crippen LogP contribution in [0.1, 0.15) is 10.4 Å². The molecule has 5 heteroatoms. The van der Waals surface area contributed by atoms with Crippen LogP contribution in [0, 0.1) is 0 Å². The third-order valence-electron chi connectivity index (χ3n) is 1.99. The Morgan fingerprint density at radius 2 is 2.43 bits per heavy atom. The van der Waals surface area contributed by atoms with Gasteiger partial charge in [-0.15, -0.1) is 0 Å². The number of pyridine rings is 1. The molecule has 0 radical (unpaired) electrons. The molecular weight excluding hydrogens is 198 g/mol. The van der Waals surface area contributed by atoms with E-state index < -0.39 is 5.91 Å². The van der Waals surface area contributed by atoms with E-state index in [1.807, 2.05) is 16.3 Å². The maximum Gasteiger partial charge on any atom is 0.250 e. The zero-order valence-corrected chi connectivity index (χ0v) is 8.41. The Hall–Kier alpha value is -1.49. The average Bonchev–Trinajstić information content (AvgIpc) is 2.56. The number of fused-ring (bicyclic) bond motifs is 1. The first kappa shape index (κ1) is 9.08. The van der Waals surface area contributed by atoms with E-state index in [1.165, 1.54) is 11.9 Å². The van der Waals surface area contributed by atoms with Crippen LogP contribution in [0.3, 0.4) is 0 Å². The molecule has 72 valence electrons. The highest BCUT2D eigenvalue weighted by Gasteiger charge is 2.12. The van der Waals surface area contributed by atoms with Crippen molar-refractivity contribution in [3.63, 3.8) is 0 Å². The van der Waals surface area contributed by atoms with Crippen LogP contribution in [0.2, 0.25) is 0 Å². The number of hydrogen-bond acceptors (Lipinski definition) is 3. The van der Waals surface area contributed by atoms with Gasteiger partial charge in [-0.1, -0.05) is 0 Å². The van der Waals surface area contributed by atoms with Gasteiger partial charge in [-0.05, 0) is 24.1 Å². The summed E-state index contributed by atoms with van der Waals surface area (Å²) in [7, 11) is 0. The molecule has 0 aliphatic heterocycles. The van der Waals surface area contributed by atoms with Crippen LogP contribution in [-0.4, -0.2) is 21.1 Å². The lowest BCUT2D eigenvalue weighted by Gasteiger charge is -1.95. The summed E-state index contributed by atoms with van der Waals surface area (Å²) in [4.78, 5) is 15.3. The van der Waals surface area contributed by atoms with Gasteiger partial charge >= 0.3 is 0 Å². The third kappa shape index (κ3) is 1.26. The molecule has 4 nitrogen and oxygen atoms in total. The Bertz CT molecular complexity index is 492. The molecule has 2 N–H and O–H groups in total. The Balaban J connectivity index is 2.80. The number of carbonyl (C=O) groups excluding carboxylic acids is 1. The van der Waals surface area contributed by atoms with Gasteiger partial charge < -0.3 is 5.73 Å². The van der Waals surface area contributed by atoms with E-state index in [1.54, 1.807) is 18.5 Å². The zero-order valence-electron chi connectivity index (χ0n) is 7.60. The Labute approximate surface area is 85.2 Å². The molecule has 0 spiro atoms. The van der Waals surface area contributed by atoms with Gasteiger partial charge in [0.1, 0.15) is 0 Å². The minimum Gasteiger partial charge on any atom is -0.366 e. The number of nitrogens with two attached hydrogens (primary N) is 1. The van der Waals surface area contributed by atoms with Crippen molar-refractivity contribution in [3.05, 3.63) is 30.1 Å². The second-order valence-corrected chi connectivity index (χ2v) is 3.55. The molecule has 2 rings (SSSR count). The molecule has 1 amide bonds. The number of carbonyl (C=O) groups is 1. The molecule has 0 aliphatic rings. The quantitative estimate of drug-likeness (QED) is 0.806. The minimum absolute atomic E-state index is 0.421. The van der Waals surface area contributed by atoms with E-state index in [2.05, 4.69) is 4.98 Å². The summed E-state index contributed by atoms with van der Waals surface area (Å²) in [5.74, 6) is -0.421. The molecule has 0 atom stereocenters. The van der Waals surface area contributed by atoms with E-state index >= 15 is 0 Å². The summed E-state index contributed by atoms with van der Waals surface area (Å²) in [5.41, 5.74) is 6.55. The molecule has 0 fully saturated rings. The van der Waals surface area contributed by atoms with Gasteiger partial charge in [0, 0.05) is 24.0 Å². The maximum absolute atomic E-state index is 11.1. The topological polar surface area (TPSA) is 60.9 Å². The van der Waals surface area contributed by atoms with Crippen LogP contribution < -0.4 is 5.73 Å². The number of hydrogen-bond donors (Lipinski definition) is 1. The highest BCUT2D eigenvalue weighted by atomic mass is 32.2. The smallest absolute Gasteiger partial charge is 0.250 e. The average molecular weight is 207 g/mol. The predicted octanol–water partition coefficient (Wildman–Crippen LogP) is 1.26. The predicted molar refractivity (Wildman–Crippen MR) is 57.2 cm³/mol. The van der Waals surface area contributed by atoms with Crippen LogP contribution in [-0.2, 0) is 0 Å². The highest BCUT2D eigenvalue weighted by Crippen LogP contribution is 2.21. The second kappa shape index (κ2) is 3.34. The first-order valence-electron chi connectivity index (χ1n) is 4.04. The normalized spacial score (nSPS) is 10.6. The summed E-state index contributed by atoms with van der Waals surface area (Å²) in [6.45, 7) is 0. The molecule has 2 aromatic heterocycles.